The Morgan fingerprint density at radius 3 is 2.78 bits per heavy atom. The van der Waals surface area contributed by atoms with Gasteiger partial charge >= 0.3 is 0 Å². The molecule has 1 unspecified atom stereocenters. The maximum Gasteiger partial charge on any atom is 0.161 e. The van der Waals surface area contributed by atoms with E-state index in [1.54, 1.807) is 0 Å². The Balaban J connectivity index is 2.04. The number of rotatable bonds is 3. The third kappa shape index (κ3) is 3.00. The predicted molar refractivity (Wildman–Crippen MR) is 77.0 cm³/mol. The van der Waals surface area contributed by atoms with Gasteiger partial charge in [-0.1, -0.05) is 13.0 Å². The van der Waals surface area contributed by atoms with E-state index < -0.39 is 0 Å². The van der Waals surface area contributed by atoms with Crippen LogP contribution in [-0.4, -0.2) is 29.5 Å². The first-order valence-electron chi connectivity index (χ1n) is 7.12. The summed E-state index contributed by atoms with van der Waals surface area (Å²) in [4.78, 5) is 12.5. The predicted octanol–water partition coefficient (Wildman–Crippen LogP) is 3.60. The Kier molecular flexibility index (Phi) is 4.91. The van der Waals surface area contributed by atoms with Crippen LogP contribution >= 0.6 is 11.8 Å². The molecule has 3 heteroatoms. The van der Waals surface area contributed by atoms with Gasteiger partial charge in [-0.2, -0.15) is 11.8 Å². The highest BCUT2D eigenvalue weighted by Crippen LogP contribution is 2.40. The van der Waals surface area contributed by atoms with E-state index in [1.165, 1.54) is 11.5 Å². The van der Waals surface area contributed by atoms with E-state index in [1.807, 2.05) is 24.8 Å². The summed E-state index contributed by atoms with van der Waals surface area (Å²) >= 11 is 2.01. The molecule has 2 rings (SSSR count). The van der Waals surface area contributed by atoms with Gasteiger partial charge in [-0.25, -0.2) is 0 Å². The largest absolute Gasteiger partial charge is 0.375 e. The molecule has 0 saturated carbocycles. The number of ether oxygens (including phenoxy) is 1. The van der Waals surface area contributed by atoms with Crippen molar-refractivity contribution in [2.24, 2.45) is 5.92 Å². The monoisotopic (exact) mass is 268 g/mol. The fraction of sp³-hybridized carbons (Fsp3) is 0.800. The van der Waals surface area contributed by atoms with Crippen molar-refractivity contribution >= 4 is 17.5 Å². The SMILES string of the molecule is CC=C(CC)C(=O)C1CCOC2(CCSCC2)C1. The maximum atomic E-state index is 12.5. The van der Waals surface area contributed by atoms with Gasteiger partial charge in [0.1, 0.15) is 0 Å². The third-order valence-corrected chi connectivity index (χ3v) is 5.30. The average Bonchev–Trinajstić information content (AvgIpc) is 2.41. The van der Waals surface area contributed by atoms with Crippen molar-refractivity contribution in [2.45, 2.75) is 51.6 Å². The minimum absolute atomic E-state index is 0.0242. The number of carbonyl (C=O) groups excluding carboxylic acids is 1. The van der Waals surface area contributed by atoms with Crippen LogP contribution in [0.5, 0.6) is 0 Å². The second kappa shape index (κ2) is 6.25. The van der Waals surface area contributed by atoms with Crippen molar-refractivity contribution in [3.05, 3.63) is 11.6 Å². The molecule has 102 valence electrons. The number of thioether (sulfide) groups is 1. The van der Waals surface area contributed by atoms with Crippen LogP contribution in [0.3, 0.4) is 0 Å². The molecule has 2 nitrogen and oxygen atoms in total. The minimum atomic E-state index is 0.0242. The lowest BCUT2D eigenvalue weighted by molar-refractivity contribution is -0.135. The summed E-state index contributed by atoms with van der Waals surface area (Å²) in [5, 5.41) is 0. The number of ketones is 1. The van der Waals surface area contributed by atoms with Gasteiger partial charge < -0.3 is 4.74 Å². The second-order valence-corrected chi connectivity index (χ2v) is 6.59. The first kappa shape index (κ1) is 14.1. The van der Waals surface area contributed by atoms with E-state index in [9.17, 15) is 4.79 Å². The molecule has 18 heavy (non-hydrogen) atoms. The maximum absolute atomic E-state index is 12.5. The number of carbonyl (C=O) groups is 1. The summed E-state index contributed by atoms with van der Waals surface area (Å²) < 4.78 is 6.05. The Bertz CT molecular complexity index is 324. The smallest absolute Gasteiger partial charge is 0.161 e. The number of allylic oxidation sites excluding steroid dienone is 2. The third-order valence-electron chi connectivity index (χ3n) is 4.31. The van der Waals surface area contributed by atoms with Crippen molar-refractivity contribution in [3.63, 3.8) is 0 Å². The topological polar surface area (TPSA) is 26.3 Å². The fourth-order valence-corrected chi connectivity index (χ4v) is 4.36. The minimum Gasteiger partial charge on any atom is -0.375 e. The van der Waals surface area contributed by atoms with Crippen molar-refractivity contribution in [3.8, 4) is 0 Å². The quantitative estimate of drug-likeness (QED) is 0.732. The van der Waals surface area contributed by atoms with Gasteiger partial charge in [0, 0.05) is 12.5 Å². The molecule has 0 aliphatic carbocycles. The molecule has 0 aromatic carbocycles. The van der Waals surface area contributed by atoms with Crippen LogP contribution < -0.4 is 0 Å². The lowest BCUT2D eigenvalue weighted by Gasteiger charge is -2.43. The van der Waals surface area contributed by atoms with Crippen molar-refractivity contribution in [1.29, 1.82) is 0 Å². The molecule has 0 N–H and O–H groups in total. The zero-order chi connectivity index (χ0) is 13.0. The molecule has 0 radical (unpaired) electrons. The highest BCUT2D eigenvalue weighted by Gasteiger charge is 2.41. The Labute approximate surface area is 115 Å². The Hall–Kier alpha value is -0.280. The summed E-state index contributed by atoms with van der Waals surface area (Å²) in [5.41, 5.74) is 1.03. The number of hydrogen-bond acceptors (Lipinski definition) is 3. The molecule has 1 spiro atoms. The summed E-state index contributed by atoms with van der Waals surface area (Å²) in [5.74, 6) is 2.95. The molecule has 0 bridgehead atoms. The van der Waals surface area contributed by atoms with Gasteiger partial charge in [0.25, 0.3) is 0 Å². The van der Waals surface area contributed by atoms with E-state index in [0.717, 1.165) is 44.3 Å². The van der Waals surface area contributed by atoms with Crippen LogP contribution in [0.2, 0.25) is 0 Å². The van der Waals surface area contributed by atoms with Gasteiger partial charge in [0.15, 0.2) is 5.78 Å². The molecule has 2 fully saturated rings. The van der Waals surface area contributed by atoms with Crippen molar-refractivity contribution < 1.29 is 9.53 Å². The highest BCUT2D eigenvalue weighted by molar-refractivity contribution is 7.99. The van der Waals surface area contributed by atoms with Gasteiger partial charge in [-0.15, -0.1) is 0 Å². The van der Waals surface area contributed by atoms with Gasteiger partial charge in [-0.3, -0.25) is 4.79 Å². The zero-order valence-corrected chi connectivity index (χ0v) is 12.4. The van der Waals surface area contributed by atoms with E-state index >= 15 is 0 Å². The molecule has 2 aliphatic rings. The zero-order valence-electron chi connectivity index (χ0n) is 11.5. The van der Waals surface area contributed by atoms with Crippen molar-refractivity contribution in [1.82, 2.24) is 0 Å². The summed E-state index contributed by atoms with van der Waals surface area (Å²) in [7, 11) is 0. The summed E-state index contributed by atoms with van der Waals surface area (Å²) in [6.07, 6.45) is 6.95. The van der Waals surface area contributed by atoms with Gasteiger partial charge in [-0.05, 0) is 56.1 Å². The van der Waals surface area contributed by atoms with Gasteiger partial charge in [0.05, 0.1) is 5.60 Å². The molecule has 2 heterocycles. The van der Waals surface area contributed by atoms with Crippen LogP contribution in [0.25, 0.3) is 0 Å². The van der Waals surface area contributed by atoms with Crippen LogP contribution in [0.4, 0.5) is 0 Å². The Morgan fingerprint density at radius 1 is 1.44 bits per heavy atom. The molecule has 0 amide bonds. The van der Waals surface area contributed by atoms with E-state index in [4.69, 9.17) is 4.74 Å². The van der Waals surface area contributed by atoms with E-state index in [2.05, 4.69) is 6.92 Å². The van der Waals surface area contributed by atoms with Gasteiger partial charge in [0.2, 0.25) is 0 Å². The standard InChI is InChI=1S/C15H24O2S/c1-3-12(4-2)14(16)13-5-8-17-15(11-13)6-9-18-10-7-15/h3,13H,4-11H2,1-2H3. The van der Waals surface area contributed by atoms with E-state index in [0.29, 0.717) is 5.78 Å². The lowest BCUT2D eigenvalue weighted by Crippen LogP contribution is -2.44. The van der Waals surface area contributed by atoms with Crippen LogP contribution in [0.1, 0.15) is 46.0 Å². The highest BCUT2D eigenvalue weighted by atomic mass is 32.2. The van der Waals surface area contributed by atoms with E-state index in [-0.39, 0.29) is 11.5 Å². The number of hydrogen-bond donors (Lipinski definition) is 0. The number of Topliss-reactive ketones (excluding diaryl/α,β-unsaturated/α-hetero) is 1. The fourth-order valence-electron chi connectivity index (χ4n) is 3.13. The molecule has 2 aliphatic heterocycles. The molecule has 1 atom stereocenters. The Morgan fingerprint density at radius 2 is 2.17 bits per heavy atom. The molecule has 2 saturated heterocycles. The van der Waals surface area contributed by atoms with Crippen molar-refractivity contribution in [2.75, 3.05) is 18.1 Å². The summed E-state index contributed by atoms with van der Waals surface area (Å²) in [6, 6.07) is 0. The molecule has 0 aromatic rings. The first-order valence-corrected chi connectivity index (χ1v) is 8.27. The second-order valence-electron chi connectivity index (χ2n) is 5.37. The van der Waals surface area contributed by atoms with Crippen LogP contribution in [-0.2, 0) is 9.53 Å². The van der Waals surface area contributed by atoms with Crippen LogP contribution in [0.15, 0.2) is 11.6 Å². The summed E-state index contributed by atoms with van der Waals surface area (Å²) in [6.45, 7) is 4.81. The molecular formula is C15H24O2S. The molecular weight excluding hydrogens is 244 g/mol. The average molecular weight is 268 g/mol. The first-order chi connectivity index (χ1) is 8.71. The molecule has 0 aromatic heterocycles. The van der Waals surface area contributed by atoms with Crippen LogP contribution in [0, 0.1) is 5.92 Å². The normalized spacial score (nSPS) is 28.3. The lowest BCUT2D eigenvalue weighted by atomic mass is 9.78.